The second-order valence-electron chi connectivity index (χ2n) is 6.60. The Kier molecular flexibility index (Phi) is 5.06. The SMILES string of the molecule is Cn1c(C(=O)NN=C(c2ccc(O)cc2)c2ccc(Cl)cc2)cc2ccccc21. The van der Waals surface area contributed by atoms with E-state index < -0.39 is 0 Å². The number of hydrazone groups is 1. The number of fused-ring (bicyclic) bond motifs is 1. The molecule has 29 heavy (non-hydrogen) atoms. The van der Waals surface area contributed by atoms with Crippen LogP contribution in [0.4, 0.5) is 0 Å². The van der Waals surface area contributed by atoms with Crippen LogP contribution in [0.1, 0.15) is 21.6 Å². The summed E-state index contributed by atoms with van der Waals surface area (Å²) in [6.07, 6.45) is 0. The van der Waals surface area contributed by atoms with Gasteiger partial charge < -0.3 is 9.67 Å². The molecule has 0 atom stereocenters. The molecule has 0 aliphatic heterocycles. The highest BCUT2D eigenvalue weighted by molar-refractivity contribution is 6.30. The lowest BCUT2D eigenvalue weighted by Crippen LogP contribution is -2.22. The van der Waals surface area contributed by atoms with Crippen molar-refractivity contribution in [3.63, 3.8) is 0 Å². The number of phenols is 1. The average molecular weight is 404 g/mol. The second kappa shape index (κ2) is 7.81. The van der Waals surface area contributed by atoms with Gasteiger partial charge in [-0.3, -0.25) is 4.79 Å². The van der Waals surface area contributed by atoms with Crippen LogP contribution in [0, 0.1) is 0 Å². The van der Waals surface area contributed by atoms with E-state index in [1.807, 2.05) is 54.1 Å². The number of aromatic nitrogens is 1. The lowest BCUT2D eigenvalue weighted by atomic mass is 10.0. The number of halogens is 1. The molecule has 1 amide bonds. The quantitative estimate of drug-likeness (QED) is 0.382. The summed E-state index contributed by atoms with van der Waals surface area (Å²) < 4.78 is 1.84. The van der Waals surface area contributed by atoms with Gasteiger partial charge in [-0.25, -0.2) is 5.43 Å². The first-order valence-electron chi connectivity index (χ1n) is 9.01. The van der Waals surface area contributed by atoms with E-state index in [2.05, 4.69) is 10.5 Å². The summed E-state index contributed by atoms with van der Waals surface area (Å²) in [6, 6.07) is 23.5. The zero-order chi connectivity index (χ0) is 20.4. The molecule has 0 radical (unpaired) electrons. The van der Waals surface area contributed by atoms with Gasteiger partial charge in [0, 0.05) is 34.1 Å². The smallest absolute Gasteiger partial charge is 0.288 e. The van der Waals surface area contributed by atoms with Crippen LogP contribution in [0.3, 0.4) is 0 Å². The maximum Gasteiger partial charge on any atom is 0.288 e. The molecule has 5 nitrogen and oxygen atoms in total. The van der Waals surface area contributed by atoms with Crippen molar-refractivity contribution in [1.29, 1.82) is 0 Å². The van der Waals surface area contributed by atoms with Crippen molar-refractivity contribution in [2.45, 2.75) is 0 Å². The highest BCUT2D eigenvalue weighted by Crippen LogP contribution is 2.19. The monoisotopic (exact) mass is 403 g/mol. The third kappa shape index (κ3) is 3.86. The summed E-state index contributed by atoms with van der Waals surface area (Å²) in [6.45, 7) is 0. The van der Waals surface area contributed by atoms with E-state index in [9.17, 15) is 9.90 Å². The van der Waals surface area contributed by atoms with Gasteiger partial charge >= 0.3 is 0 Å². The van der Waals surface area contributed by atoms with E-state index in [0.29, 0.717) is 16.4 Å². The predicted molar refractivity (Wildman–Crippen MR) is 116 cm³/mol. The van der Waals surface area contributed by atoms with E-state index in [0.717, 1.165) is 22.0 Å². The van der Waals surface area contributed by atoms with Crippen LogP contribution in [0.15, 0.2) is 84.0 Å². The van der Waals surface area contributed by atoms with E-state index >= 15 is 0 Å². The van der Waals surface area contributed by atoms with Crippen LogP contribution >= 0.6 is 11.6 Å². The van der Waals surface area contributed by atoms with E-state index in [1.165, 1.54) is 0 Å². The Balaban J connectivity index is 1.70. The Hall–Kier alpha value is -3.57. The zero-order valence-corrected chi connectivity index (χ0v) is 16.4. The summed E-state index contributed by atoms with van der Waals surface area (Å²) in [5.41, 5.74) is 6.25. The van der Waals surface area contributed by atoms with Crippen LogP contribution in [0.2, 0.25) is 5.02 Å². The minimum absolute atomic E-state index is 0.156. The molecule has 3 aromatic carbocycles. The van der Waals surface area contributed by atoms with Crippen molar-refractivity contribution < 1.29 is 9.90 Å². The van der Waals surface area contributed by atoms with E-state index in [1.54, 1.807) is 36.4 Å². The molecule has 2 N–H and O–H groups in total. The number of carbonyl (C=O) groups excluding carboxylic acids is 1. The Morgan fingerprint density at radius 3 is 2.24 bits per heavy atom. The number of aryl methyl sites for hydroxylation is 1. The predicted octanol–water partition coefficient (Wildman–Crippen LogP) is 4.72. The number of phenolic OH excluding ortho intramolecular Hbond substituents is 1. The fourth-order valence-electron chi connectivity index (χ4n) is 3.19. The molecule has 1 heterocycles. The first-order valence-corrected chi connectivity index (χ1v) is 9.38. The molecule has 0 fully saturated rings. The molecule has 0 aliphatic carbocycles. The maximum absolute atomic E-state index is 12.8. The van der Waals surface area contributed by atoms with Gasteiger partial charge in [0.2, 0.25) is 0 Å². The fraction of sp³-hybridized carbons (Fsp3) is 0.0435. The molecule has 4 aromatic rings. The number of carbonyl (C=O) groups is 1. The molecule has 4 rings (SSSR count). The molecule has 0 unspecified atom stereocenters. The molecule has 1 aromatic heterocycles. The summed E-state index contributed by atoms with van der Waals surface area (Å²) in [5, 5.41) is 15.6. The largest absolute Gasteiger partial charge is 0.508 e. The third-order valence-electron chi connectivity index (χ3n) is 4.71. The average Bonchev–Trinajstić information content (AvgIpc) is 3.07. The summed E-state index contributed by atoms with van der Waals surface area (Å²) >= 11 is 6.00. The fourth-order valence-corrected chi connectivity index (χ4v) is 3.32. The normalized spacial score (nSPS) is 11.6. The van der Waals surface area contributed by atoms with Gasteiger partial charge in [0.25, 0.3) is 5.91 Å². The van der Waals surface area contributed by atoms with Crippen molar-refractivity contribution in [3.8, 4) is 5.75 Å². The van der Waals surface area contributed by atoms with Gasteiger partial charge in [-0.2, -0.15) is 5.10 Å². The molecule has 0 bridgehead atoms. The molecule has 0 spiro atoms. The molecular weight excluding hydrogens is 386 g/mol. The number of nitrogens with one attached hydrogen (secondary N) is 1. The van der Waals surface area contributed by atoms with Gasteiger partial charge in [0.05, 0.1) is 5.71 Å². The minimum atomic E-state index is -0.311. The number of aromatic hydroxyl groups is 1. The highest BCUT2D eigenvalue weighted by Gasteiger charge is 2.14. The van der Waals surface area contributed by atoms with Crippen molar-refractivity contribution >= 4 is 34.1 Å². The number of para-hydroxylation sites is 1. The van der Waals surface area contributed by atoms with Crippen LogP contribution in [-0.4, -0.2) is 21.3 Å². The lowest BCUT2D eigenvalue weighted by Gasteiger charge is -2.09. The Morgan fingerprint density at radius 2 is 1.59 bits per heavy atom. The van der Waals surface area contributed by atoms with Crippen molar-refractivity contribution in [1.82, 2.24) is 9.99 Å². The summed E-state index contributed by atoms with van der Waals surface area (Å²) in [4.78, 5) is 12.8. The zero-order valence-electron chi connectivity index (χ0n) is 15.6. The Morgan fingerprint density at radius 1 is 0.966 bits per heavy atom. The topological polar surface area (TPSA) is 66.6 Å². The van der Waals surface area contributed by atoms with Crippen molar-refractivity contribution in [3.05, 3.63) is 101 Å². The first kappa shape index (κ1) is 18.8. The van der Waals surface area contributed by atoms with Gasteiger partial charge in [-0.1, -0.05) is 41.9 Å². The van der Waals surface area contributed by atoms with Gasteiger partial charge in [0.1, 0.15) is 11.4 Å². The molecule has 144 valence electrons. The number of hydrogen-bond donors (Lipinski definition) is 2. The number of hydrogen-bond acceptors (Lipinski definition) is 3. The number of amides is 1. The molecule has 0 saturated heterocycles. The van der Waals surface area contributed by atoms with E-state index in [4.69, 9.17) is 11.6 Å². The molecule has 0 saturated carbocycles. The Labute approximate surface area is 172 Å². The van der Waals surface area contributed by atoms with Crippen LogP contribution in [0.5, 0.6) is 5.75 Å². The number of benzene rings is 3. The second-order valence-corrected chi connectivity index (χ2v) is 7.04. The van der Waals surface area contributed by atoms with Crippen LogP contribution < -0.4 is 5.43 Å². The number of rotatable bonds is 4. The molecule has 6 heteroatoms. The first-order chi connectivity index (χ1) is 14.0. The van der Waals surface area contributed by atoms with Crippen LogP contribution in [-0.2, 0) is 7.05 Å². The van der Waals surface area contributed by atoms with Gasteiger partial charge in [-0.05, 0) is 48.5 Å². The number of nitrogens with zero attached hydrogens (tertiary/aromatic N) is 2. The van der Waals surface area contributed by atoms with Gasteiger partial charge in [0.15, 0.2) is 0 Å². The van der Waals surface area contributed by atoms with Crippen LogP contribution in [0.25, 0.3) is 10.9 Å². The van der Waals surface area contributed by atoms with Crippen molar-refractivity contribution in [2.75, 3.05) is 0 Å². The van der Waals surface area contributed by atoms with Gasteiger partial charge in [-0.15, -0.1) is 0 Å². The molecular formula is C23H18ClN3O2. The lowest BCUT2D eigenvalue weighted by molar-refractivity contribution is 0.0947. The standard InChI is InChI=1S/C23H18ClN3O2/c1-27-20-5-3-2-4-17(20)14-21(27)23(29)26-25-22(15-6-10-18(24)11-7-15)16-8-12-19(28)13-9-16/h2-14,28H,1H3,(H,26,29). The molecule has 0 aliphatic rings. The summed E-state index contributed by atoms with van der Waals surface area (Å²) in [7, 11) is 1.85. The Bertz CT molecular complexity index is 1160. The third-order valence-corrected chi connectivity index (χ3v) is 4.96. The minimum Gasteiger partial charge on any atom is -0.508 e. The highest BCUT2D eigenvalue weighted by atomic mass is 35.5. The van der Waals surface area contributed by atoms with E-state index in [-0.39, 0.29) is 11.7 Å². The van der Waals surface area contributed by atoms with Crippen molar-refractivity contribution in [2.24, 2.45) is 12.1 Å². The summed E-state index contributed by atoms with van der Waals surface area (Å²) in [5.74, 6) is -0.155. The maximum atomic E-state index is 12.8.